The van der Waals surface area contributed by atoms with Crippen LogP contribution in [-0.2, 0) is 9.59 Å². The van der Waals surface area contributed by atoms with Gasteiger partial charge in [-0.15, -0.1) is 0 Å². The lowest BCUT2D eigenvalue weighted by atomic mass is 10.0. The van der Waals surface area contributed by atoms with E-state index in [2.05, 4.69) is 31.9 Å². The molecule has 1 aliphatic carbocycles. The summed E-state index contributed by atoms with van der Waals surface area (Å²) in [6.07, 6.45) is 2.81. The summed E-state index contributed by atoms with van der Waals surface area (Å²) >= 11 is 3.38. The fraction of sp³-hybridized carbons (Fsp3) is 0.500. The molecule has 2 rings (SSSR count). The number of rotatable bonds is 5. The van der Waals surface area contributed by atoms with Crippen molar-refractivity contribution in [3.63, 3.8) is 0 Å². The molecule has 3 unspecified atom stereocenters. The summed E-state index contributed by atoms with van der Waals surface area (Å²) in [5, 5.41) is 8.88. The van der Waals surface area contributed by atoms with Gasteiger partial charge in [0.2, 0.25) is 11.8 Å². The normalized spacial score (nSPS) is 22.1. The number of nitrogens with one attached hydrogen (secondary N) is 3. The number of carbonyl (C=O) groups excluding carboxylic acids is 2. The molecule has 1 aromatic rings. The maximum atomic E-state index is 12.3. The number of anilines is 1. The maximum Gasteiger partial charge on any atom is 0.241 e. The third kappa shape index (κ3) is 4.30. The van der Waals surface area contributed by atoms with E-state index in [1.165, 1.54) is 0 Å². The average Bonchev–Trinajstić information content (AvgIpc) is 2.94. The predicted molar refractivity (Wildman–Crippen MR) is 90.6 cm³/mol. The van der Waals surface area contributed by atoms with Gasteiger partial charge in [-0.2, -0.15) is 0 Å². The molecule has 0 heterocycles. The summed E-state index contributed by atoms with van der Waals surface area (Å²) < 4.78 is 0.918. The Balaban J connectivity index is 1.92. The van der Waals surface area contributed by atoms with Crippen molar-refractivity contribution in [3.8, 4) is 0 Å². The van der Waals surface area contributed by atoms with Gasteiger partial charge in [-0.3, -0.25) is 9.59 Å². The zero-order chi connectivity index (χ0) is 16.1. The zero-order valence-electron chi connectivity index (χ0n) is 12.9. The standard InChI is InChI=1S/C16H22BrN3O2/c1-10(15(21)20-12-6-3-5-11(17)9-12)19-14-8-4-7-13(14)16(22)18-2/h3,5-6,9-10,13-14,19H,4,7-8H2,1-2H3,(H,18,22)(H,20,21). The molecule has 3 N–H and O–H groups in total. The summed E-state index contributed by atoms with van der Waals surface area (Å²) in [6, 6.07) is 7.18. The van der Waals surface area contributed by atoms with Crippen molar-refractivity contribution in [1.82, 2.24) is 10.6 Å². The van der Waals surface area contributed by atoms with Crippen LogP contribution in [0.1, 0.15) is 26.2 Å². The molecule has 1 aromatic carbocycles. The highest BCUT2D eigenvalue weighted by Crippen LogP contribution is 2.26. The van der Waals surface area contributed by atoms with E-state index in [4.69, 9.17) is 0 Å². The van der Waals surface area contributed by atoms with Crippen molar-refractivity contribution in [2.45, 2.75) is 38.3 Å². The Bertz CT molecular complexity index is 550. The maximum absolute atomic E-state index is 12.3. The lowest BCUT2D eigenvalue weighted by molar-refractivity contribution is -0.125. The monoisotopic (exact) mass is 367 g/mol. The van der Waals surface area contributed by atoms with E-state index in [1.54, 1.807) is 7.05 Å². The summed E-state index contributed by atoms with van der Waals surface area (Å²) in [5.41, 5.74) is 0.752. The summed E-state index contributed by atoms with van der Waals surface area (Å²) in [5.74, 6) is -0.0959. The van der Waals surface area contributed by atoms with Crippen LogP contribution >= 0.6 is 15.9 Å². The van der Waals surface area contributed by atoms with Crippen LogP contribution in [0.25, 0.3) is 0 Å². The van der Waals surface area contributed by atoms with Crippen LogP contribution in [0.3, 0.4) is 0 Å². The molecule has 1 aliphatic rings. The highest BCUT2D eigenvalue weighted by molar-refractivity contribution is 9.10. The lowest BCUT2D eigenvalue weighted by Gasteiger charge is -2.23. The topological polar surface area (TPSA) is 70.2 Å². The second kappa shape index (κ2) is 7.74. The molecule has 2 amide bonds. The highest BCUT2D eigenvalue weighted by Gasteiger charge is 2.33. The Labute approximate surface area is 139 Å². The van der Waals surface area contributed by atoms with Gasteiger partial charge in [0.05, 0.1) is 12.0 Å². The quantitative estimate of drug-likeness (QED) is 0.747. The molecule has 0 aromatic heterocycles. The minimum absolute atomic E-state index is 0.0499. The number of carbonyl (C=O) groups is 2. The van der Waals surface area contributed by atoms with Crippen molar-refractivity contribution in [2.75, 3.05) is 12.4 Å². The fourth-order valence-electron chi connectivity index (χ4n) is 2.87. The van der Waals surface area contributed by atoms with Gasteiger partial charge in [0.15, 0.2) is 0 Å². The van der Waals surface area contributed by atoms with E-state index >= 15 is 0 Å². The molecule has 0 saturated heterocycles. The number of halogens is 1. The van der Waals surface area contributed by atoms with Crippen LogP contribution in [0.5, 0.6) is 0 Å². The molecule has 22 heavy (non-hydrogen) atoms. The Kier molecular flexibility index (Phi) is 5.97. The SMILES string of the molecule is CNC(=O)C1CCCC1NC(C)C(=O)Nc1cccc(Br)c1. The second-order valence-corrected chi connectivity index (χ2v) is 6.56. The van der Waals surface area contributed by atoms with Crippen molar-refractivity contribution >= 4 is 33.4 Å². The van der Waals surface area contributed by atoms with E-state index < -0.39 is 0 Å². The first-order chi connectivity index (χ1) is 10.5. The highest BCUT2D eigenvalue weighted by atomic mass is 79.9. The molecule has 1 saturated carbocycles. The molecule has 6 heteroatoms. The molecule has 120 valence electrons. The van der Waals surface area contributed by atoms with Crippen molar-refractivity contribution in [3.05, 3.63) is 28.7 Å². The molecular formula is C16H22BrN3O2. The third-order valence-electron chi connectivity index (χ3n) is 4.05. The first kappa shape index (κ1) is 17.0. The summed E-state index contributed by atoms with van der Waals surface area (Å²) in [4.78, 5) is 24.1. The Morgan fingerprint density at radius 2 is 2.09 bits per heavy atom. The van der Waals surface area contributed by atoms with E-state index in [0.29, 0.717) is 0 Å². The third-order valence-corrected chi connectivity index (χ3v) is 4.54. The van der Waals surface area contributed by atoms with Crippen LogP contribution in [0.2, 0.25) is 0 Å². The second-order valence-electron chi connectivity index (χ2n) is 5.65. The van der Waals surface area contributed by atoms with Gasteiger partial charge in [-0.25, -0.2) is 0 Å². The van der Waals surface area contributed by atoms with Gasteiger partial charge in [0.25, 0.3) is 0 Å². The lowest BCUT2D eigenvalue weighted by Crippen LogP contribution is -2.48. The van der Waals surface area contributed by atoms with Crippen LogP contribution in [0.15, 0.2) is 28.7 Å². The van der Waals surface area contributed by atoms with Crippen molar-refractivity contribution in [1.29, 1.82) is 0 Å². The smallest absolute Gasteiger partial charge is 0.241 e. The minimum atomic E-state index is -0.353. The van der Waals surface area contributed by atoms with Gasteiger partial charge < -0.3 is 16.0 Å². The molecule has 0 radical (unpaired) electrons. The van der Waals surface area contributed by atoms with Gasteiger partial charge in [0.1, 0.15) is 0 Å². The van der Waals surface area contributed by atoms with Gasteiger partial charge in [-0.05, 0) is 38.0 Å². The minimum Gasteiger partial charge on any atom is -0.359 e. The average molecular weight is 368 g/mol. The Morgan fingerprint density at radius 3 is 2.77 bits per heavy atom. The molecule has 0 bridgehead atoms. The molecular weight excluding hydrogens is 346 g/mol. The number of hydrogen-bond donors (Lipinski definition) is 3. The first-order valence-electron chi connectivity index (χ1n) is 7.55. The van der Waals surface area contributed by atoms with E-state index in [1.807, 2.05) is 31.2 Å². The fourth-order valence-corrected chi connectivity index (χ4v) is 3.27. The van der Waals surface area contributed by atoms with Gasteiger partial charge >= 0.3 is 0 Å². The van der Waals surface area contributed by atoms with Crippen molar-refractivity contribution < 1.29 is 9.59 Å². The zero-order valence-corrected chi connectivity index (χ0v) is 14.4. The van der Waals surface area contributed by atoms with Gasteiger partial charge in [0, 0.05) is 23.2 Å². The molecule has 0 spiro atoms. The summed E-state index contributed by atoms with van der Waals surface area (Å²) in [7, 11) is 1.65. The van der Waals surface area contributed by atoms with E-state index in [0.717, 1.165) is 29.4 Å². The number of amides is 2. The molecule has 3 atom stereocenters. The van der Waals surface area contributed by atoms with E-state index in [9.17, 15) is 9.59 Å². The summed E-state index contributed by atoms with van der Waals surface area (Å²) in [6.45, 7) is 1.83. The van der Waals surface area contributed by atoms with Crippen LogP contribution in [-0.4, -0.2) is 30.9 Å². The van der Waals surface area contributed by atoms with Crippen LogP contribution in [0, 0.1) is 5.92 Å². The molecule has 0 aliphatic heterocycles. The van der Waals surface area contributed by atoms with Crippen LogP contribution < -0.4 is 16.0 Å². The van der Waals surface area contributed by atoms with Crippen molar-refractivity contribution in [2.24, 2.45) is 5.92 Å². The first-order valence-corrected chi connectivity index (χ1v) is 8.34. The van der Waals surface area contributed by atoms with E-state index in [-0.39, 0.29) is 29.8 Å². The van der Waals surface area contributed by atoms with Gasteiger partial charge in [-0.1, -0.05) is 28.4 Å². The Hall–Kier alpha value is -1.40. The Morgan fingerprint density at radius 1 is 1.32 bits per heavy atom. The number of benzene rings is 1. The molecule has 5 nitrogen and oxygen atoms in total. The predicted octanol–water partition coefficient (Wildman–Crippen LogP) is 2.28. The van der Waals surface area contributed by atoms with Crippen LogP contribution in [0.4, 0.5) is 5.69 Å². The number of hydrogen-bond acceptors (Lipinski definition) is 3. The molecule has 1 fully saturated rings. The largest absolute Gasteiger partial charge is 0.359 e.